The molecule has 0 unspecified atom stereocenters. The van der Waals surface area contributed by atoms with E-state index in [4.69, 9.17) is 0 Å². The molecule has 5 heteroatoms. The first-order valence-electron chi connectivity index (χ1n) is 7.02. The van der Waals surface area contributed by atoms with E-state index >= 15 is 0 Å². The van der Waals surface area contributed by atoms with Crippen LogP contribution in [-0.2, 0) is 10.5 Å². The predicted octanol–water partition coefficient (Wildman–Crippen LogP) is 3.52. The summed E-state index contributed by atoms with van der Waals surface area (Å²) < 4.78 is 0. The molecule has 0 bridgehead atoms. The maximum atomic E-state index is 11.8. The Morgan fingerprint density at radius 1 is 1.47 bits per heavy atom. The van der Waals surface area contributed by atoms with Crippen molar-refractivity contribution in [1.82, 2.24) is 10.3 Å². The van der Waals surface area contributed by atoms with Crippen LogP contribution in [0.25, 0.3) is 0 Å². The van der Waals surface area contributed by atoms with E-state index in [1.165, 1.54) is 19.3 Å². The monoisotopic (exact) mass is 298 g/mol. The normalized spacial score (nSPS) is 16.5. The van der Waals surface area contributed by atoms with Crippen LogP contribution in [0, 0.1) is 6.92 Å². The molecule has 3 nitrogen and oxygen atoms in total. The van der Waals surface area contributed by atoms with E-state index in [9.17, 15) is 4.79 Å². The number of nitrogens with zero attached hydrogens (tertiary/aromatic N) is 1. The van der Waals surface area contributed by atoms with Crippen LogP contribution in [0.15, 0.2) is 5.38 Å². The third kappa shape index (κ3) is 5.53. The number of hydrogen-bond donors (Lipinski definition) is 1. The molecule has 1 aromatic rings. The Morgan fingerprint density at radius 2 is 2.26 bits per heavy atom. The molecule has 1 amide bonds. The number of amides is 1. The molecule has 106 valence electrons. The number of thiazole rings is 1. The van der Waals surface area contributed by atoms with Crippen molar-refractivity contribution >= 4 is 29.0 Å². The molecule has 2 rings (SSSR count). The molecule has 1 aliphatic carbocycles. The number of nitrogens with one attached hydrogen (secondary N) is 1. The molecular weight excluding hydrogens is 276 g/mol. The van der Waals surface area contributed by atoms with Crippen LogP contribution in [0.5, 0.6) is 0 Å². The summed E-state index contributed by atoms with van der Waals surface area (Å²) in [5, 5.41) is 6.37. The minimum Gasteiger partial charge on any atom is -0.353 e. The minimum absolute atomic E-state index is 0.217. The van der Waals surface area contributed by atoms with Gasteiger partial charge in [-0.3, -0.25) is 4.79 Å². The van der Waals surface area contributed by atoms with Gasteiger partial charge in [0, 0.05) is 29.3 Å². The minimum atomic E-state index is 0.217. The van der Waals surface area contributed by atoms with E-state index in [2.05, 4.69) is 15.7 Å². The van der Waals surface area contributed by atoms with E-state index < -0.39 is 0 Å². The fourth-order valence-corrected chi connectivity index (χ4v) is 3.91. The maximum Gasteiger partial charge on any atom is 0.221 e. The van der Waals surface area contributed by atoms with Crippen LogP contribution in [0.4, 0.5) is 0 Å². The molecule has 0 saturated heterocycles. The first-order chi connectivity index (χ1) is 9.24. The molecule has 19 heavy (non-hydrogen) atoms. The average Bonchev–Trinajstić information content (AvgIpc) is 2.82. The Kier molecular flexibility index (Phi) is 6.17. The van der Waals surface area contributed by atoms with E-state index in [1.807, 2.05) is 6.92 Å². The van der Waals surface area contributed by atoms with Crippen LogP contribution in [0.1, 0.15) is 49.2 Å². The van der Waals surface area contributed by atoms with Crippen LogP contribution >= 0.6 is 23.1 Å². The molecule has 0 aliphatic heterocycles. The third-order valence-corrected chi connectivity index (χ3v) is 5.18. The van der Waals surface area contributed by atoms with Crippen LogP contribution in [-0.4, -0.2) is 22.7 Å². The molecule has 1 N–H and O–H groups in total. The molecule has 1 saturated carbocycles. The zero-order valence-electron chi connectivity index (χ0n) is 11.5. The van der Waals surface area contributed by atoms with Crippen LogP contribution < -0.4 is 5.32 Å². The highest BCUT2D eigenvalue weighted by atomic mass is 32.2. The van der Waals surface area contributed by atoms with Crippen molar-refractivity contribution < 1.29 is 4.79 Å². The Balaban J connectivity index is 1.56. The van der Waals surface area contributed by atoms with Gasteiger partial charge in [0.15, 0.2) is 0 Å². The van der Waals surface area contributed by atoms with Gasteiger partial charge in [-0.15, -0.1) is 11.3 Å². The predicted molar refractivity (Wildman–Crippen MR) is 82.6 cm³/mol. The smallest absolute Gasteiger partial charge is 0.221 e. The van der Waals surface area contributed by atoms with Gasteiger partial charge in [0.25, 0.3) is 0 Å². The number of hydrogen-bond acceptors (Lipinski definition) is 4. The third-order valence-electron chi connectivity index (χ3n) is 3.36. The summed E-state index contributed by atoms with van der Waals surface area (Å²) in [7, 11) is 0. The van der Waals surface area contributed by atoms with Crippen molar-refractivity contribution in [3.05, 3.63) is 16.1 Å². The zero-order valence-corrected chi connectivity index (χ0v) is 13.1. The average molecular weight is 298 g/mol. The summed E-state index contributed by atoms with van der Waals surface area (Å²) in [5.74, 6) is 2.02. The summed E-state index contributed by atoms with van der Waals surface area (Å²) in [6.45, 7) is 2.02. The summed E-state index contributed by atoms with van der Waals surface area (Å²) in [6.07, 6.45) is 6.82. The second-order valence-electron chi connectivity index (χ2n) is 5.06. The van der Waals surface area contributed by atoms with Gasteiger partial charge in [-0.1, -0.05) is 19.3 Å². The molecule has 0 radical (unpaired) electrons. The van der Waals surface area contributed by atoms with E-state index in [0.29, 0.717) is 12.5 Å². The number of aryl methyl sites for hydroxylation is 1. The highest BCUT2D eigenvalue weighted by Crippen LogP contribution is 2.18. The highest BCUT2D eigenvalue weighted by Gasteiger charge is 2.15. The van der Waals surface area contributed by atoms with Crippen molar-refractivity contribution in [1.29, 1.82) is 0 Å². The van der Waals surface area contributed by atoms with Crippen molar-refractivity contribution in [2.45, 2.75) is 57.2 Å². The largest absolute Gasteiger partial charge is 0.353 e. The Bertz CT molecular complexity index is 400. The number of rotatable bonds is 6. The molecule has 0 atom stereocenters. The molecular formula is C14H22N2OS2. The quantitative estimate of drug-likeness (QED) is 0.817. The SMILES string of the molecule is Cc1nc(CSCCC(=O)NC2CCCCC2)cs1. The van der Waals surface area contributed by atoms with Gasteiger partial charge in [-0.2, -0.15) is 11.8 Å². The molecule has 0 spiro atoms. The van der Waals surface area contributed by atoms with Crippen molar-refractivity contribution in [2.24, 2.45) is 0 Å². The fourth-order valence-electron chi connectivity index (χ4n) is 2.36. The maximum absolute atomic E-state index is 11.8. The van der Waals surface area contributed by atoms with Crippen molar-refractivity contribution in [3.63, 3.8) is 0 Å². The van der Waals surface area contributed by atoms with Gasteiger partial charge in [0.1, 0.15) is 0 Å². The van der Waals surface area contributed by atoms with Gasteiger partial charge in [0.2, 0.25) is 5.91 Å². The lowest BCUT2D eigenvalue weighted by atomic mass is 9.95. The molecule has 0 aromatic carbocycles. The number of aromatic nitrogens is 1. The van der Waals surface area contributed by atoms with Gasteiger partial charge in [-0.05, 0) is 19.8 Å². The highest BCUT2D eigenvalue weighted by molar-refractivity contribution is 7.98. The second kappa shape index (κ2) is 7.90. The fraction of sp³-hybridized carbons (Fsp3) is 0.714. The van der Waals surface area contributed by atoms with Gasteiger partial charge in [-0.25, -0.2) is 4.98 Å². The lowest BCUT2D eigenvalue weighted by Crippen LogP contribution is -2.36. The van der Waals surface area contributed by atoms with Crippen molar-refractivity contribution in [3.8, 4) is 0 Å². The number of thioether (sulfide) groups is 1. The topological polar surface area (TPSA) is 42.0 Å². The Labute approximate surface area is 123 Å². The lowest BCUT2D eigenvalue weighted by molar-refractivity contribution is -0.121. The van der Waals surface area contributed by atoms with Crippen molar-refractivity contribution in [2.75, 3.05) is 5.75 Å². The summed E-state index contributed by atoms with van der Waals surface area (Å²) >= 11 is 3.48. The first-order valence-corrected chi connectivity index (χ1v) is 9.05. The Hall–Kier alpha value is -0.550. The van der Waals surface area contributed by atoms with Gasteiger partial charge >= 0.3 is 0 Å². The second-order valence-corrected chi connectivity index (χ2v) is 7.23. The van der Waals surface area contributed by atoms with E-state index in [1.54, 1.807) is 23.1 Å². The molecule has 1 fully saturated rings. The lowest BCUT2D eigenvalue weighted by Gasteiger charge is -2.22. The summed E-state index contributed by atoms with van der Waals surface area (Å²) in [4.78, 5) is 16.2. The number of carbonyl (C=O) groups excluding carboxylic acids is 1. The molecule has 1 heterocycles. The van der Waals surface area contributed by atoms with E-state index in [0.717, 1.165) is 35.0 Å². The molecule has 1 aliphatic rings. The summed E-state index contributed by atoms with van der Waals surface area (Å²) in [5.41, 5.74) is 1.14. The van der Waals surface area contributed by atoms with E-state index in [-0.39, 0.29) is 5.91 Å². The van der Waals surface area contributed by atoms with Crippen LogP contribution in [0.3, 0.4) is 0 Å². The van der Waals surface area contributed by atoms with Gasteiger partial charge < -0.3 is 5.32 Å². The number of carbonyl (C=O) groups is 1. The Morgan fingerprint density at radius 3 is 2.95 bits per heavy atom. The standard InChI is InChI=1S/C14H22N2OS2/c1-11-15-13(10-19-11)9-18-8-7-14(17)16-12-5-3-2-4-6-12/h10,12H,2-9H2,1H3,(H,16,17). The zero-order chi connectivity index (χ0) is 13.5. The first kappa shape index (κ1) is 14.9. The molecule has 1 aromatic heterocycles. The van der Waals surface area contributed by atoms with Gasteiger partial charge in [0.05, 0.1) is 10.7 Å². The summed E-state index contributed by atoms with van der Waals surface area (Å²) in [6, 6.07) is 0.437. The van der Waals surface area contributed by atoms with Crippen LogP contribution in [0.2, 0.25) is 0 Å².